The van der Waals surface area contributed by atoms with Crippen LogP contribution >= 0.6 is 23.2 Å². The molecule has 36 heavy (non-hydrogen) atoms. The van der Waals surface area contributed by atoms with E-state index >= 15 is 0 Å². The Morgan fingerprint density at radius 2 is 1.83 bits per heavy atom. The summed E-state index contributed by atoms with van der Waals surface area (Å²) in [5.74, 6) is -0.183. The zero-order chi connectivity index (χ0) is 26.0. The number of likely N-dealkylation sites (N-methyl/N-ethyl adjacent to an activating group) is 1. The molecule has 0 radical (unpaired) electrons. The van der Waals surface area contributed by atoms with Crippen LogP contribution in [0.5, 0.6) is 0 Å². The Morgan fingerprint density at radius 1 is 1.14 bits per heavy atom. The summed E-state index contributed by atoms with van der Waals surface area (Å²) in [6.07, 6.45) is 2.69. The molecule has 1 saturated heterocycles. The van der Waals surface area contributed by atoms with E-state index < -0.39 is 28.3 Å². The minimum atomic E-state index is -3.40. The zero-order valence-corrected chi connectivity index (χ0v) is 22.8. The molecule has 1 amide bonds. The van der Waals surface area contributed by atoms with Gasteiger partial charge in [-0.05, 0) is 54.7 Å². The van der Waals surface area contributed by atoms with Crippen molar-refractivity contribution >= 4 is 39.1 Å². The molecular weight excluding hydrogens is 519 g/mol. The first-order chi connectivity index (χ1) is 17.2. The number of benzene rings is 2. The number of amides is 1. The maximum Gasteiger partial charge on any atom is 0.252 e. The minimum Gasteiger partial charge on any atom is -0.358 e. The Bertz CT molecular complexity index is 1200. The Hall–Kier alpha value is -1.90. The van der Waals surface area contributed by atoms with E-state index in [9.17, 15) is 13.2 Å². The highest BCUT2D eigenvalue weighted by atomic mass is 35.5. The van der Waals surface area contributed by atoms with Gasteiger partial charge in [0.05, 0.1) is 11.3 Å². The van der Waals surface area contributed by atoms with E-state index in [2.05, 4.69) is 6.58 Å². The van der Waals surface area contributed by atoms with E-state index in [0.29, 0.717) is 35.7 Å². The smallest absolute Gasteiger partial charge is 0.252 e. The van der Waals surface area contributed by atoms with Crippen LogP contribution in [-0.2, 0) is 19.6 Å². The molecule has 1 aliphatic carbocycles. The predicted octanol–water partition coefficient (Wildman–Crippen LogP) is 5.78. The van der Waals surface area contributed by atoms with Gasteiger partial charge < -0.3 is 9.64 Å². The summed E-state index contributed by atoms with van der Waals surface area (Å²) in [6, 6.07) is 13.9. The van der Waals surface area contributed by atoms with Gasteiger partial charge in [0, 0.05) is 36.1 Å². The maximum absolute atomic E-state index is 13.9. The van der Waals surface area contributed by atoms with E-state index in [-0.39, 0.29) is 23.7 Å². The van der Waals surface area contributed by atoms with Gasteiger partial charge in [-0.2, -0.15) is 0 Å². The van der Waals surface area contributed by atoms with Crippen molar-refractivity contribution in [2.45, 2.75) is 62.1 Å². The van der Waals surface area contributed by atoms with Gasteiger partial charge in [0.25, 0.3) is 5.91 Å². The fraction of sp³-hybridized carbons (Fsp3) is 0.444. The predicted molar refractivity (Wildman–Crippen MR) is 144 cm³/mol. The fourth-order valence-corrected chi connectivity index (χ4v) is 6.79. The topological polar surface area (TPSA) is 66.9 Å². The highest BCUT2D eigenvalue weighted by molar-refractivity contribution is 7.90. The molecule has 2 fully saturated rings. The molecule has 0 aromatic heterocycles. The Kier molecular flexibility index (Phi) is 8.47. The molecule has 4 rings (SSSR count). The molecule has 0 bridgehead atoms. The second kappa shape index (κ2) is 11.2. The first kappa shape index (κ1) is 27.1. The molecule has 6 nitrogen and oxygen atoms in total. The van der Waals surface area contributed by atoms with Crippen molar-refractivity contribution in [2.24, 2.45) is 0 Å². The van der Waals surface area contributed by atoms with Gasteiger partial charge >= 0.3 is 0 Å². The van der Waals surface area contributed by atoms with Gasteiger partial charge in [0.15, 0.2) is 0 Å². The molecule has 0 spiro atoms. The number of carbonyl (C=O) groups excluding carboxylic acids is 1. The second-order valence-corrected chi connectivity index (χ2v) is 12.6. The van der Waals surface area contributed by atoms with Crippen molar-refractivity contribution in [3.63, 3.8) is 0 Å². The summed E-state index contributed by atoms with van der Waals surface area (Å²) in [5, 5.41) is 0.830. The maximum atomic E-state index is 13.9. The van der Waals surface area contributed by atoms with Crippen molar-refractivity contribution in [3.05, 3.63) is 82.4 Å². The summed E-state index contributed by atoms with van der Waals surface area (Å²) < 4.78 is 33.7. The van der Waals surface area contributed by atoms with Crippen LogP contribution in [0.15, 0.2) is 61.2 Å². The standard InChI is InChI=1S/C27H32Cl2N2O4S/c1-4-7-24-27(32)31(22(5-2)17-30(3)36(33,34)23-14-15-23)25(18-10-12-20(28)13-11-18)26(35-24)19-8-6-9-21(29)16-19/h4,6,8-13,16,22-26H,1,5,7,14-15,17H2,2-3H3/t22-,24-,25-,26-/m1/s1. The zero-order valence-electron chi connectivity index (χ0n) is 20.5. The molecule has 2 aromatic carbocycles. The van der Waals surface area contributed by atoms with Gasteiger partial charge in [-0.1, -0.05) is 60.5 Å². The number of morpholine rings is 1. The molecule has 1 saturated carbocycles. The van der Waals surface area contributed by atoms with Crippen LogP contribution in [0.25, 0.3) is 0 Å². The van der Waals surface area contributed by atoms with E-state index in [0.717, 1.165) is 11.1 Å². The Morgan fingerprint density at radius 3 is 2.42 bits per heavy atom. The number of hydrogen-bond donors (Lipinski definition) is 0. The normalized spacial score (nSPS) is 23.6. The lowest BCUT2D eigenvalue weighted by molar-refractivity contribution is -0.179. The van der Waals surface area contributed by atoms with Crippen molar-refractivity contribution in [1.82, 2.24) is 9.21 Å². The summed E-state index contributed by atoms with van der Waals surface area (Å²) in [6.45, 7) is 5.99. The van der Waals surface area contributed by atoms with Gasteiger partial charge in [0.1, 0.15) is 12.2 Å². The molecule has 194 valence electrons. The third kappa shape index (κ3) is 5.65. The monoisotopic (exact) mass is 550 g/mol. The quantitative estimate of drug-likeness (QED) is 0.351. The largest absolute Gasteiger partial charge is 0.358 e. The SMILES string of the molecule is C=CC[C@H]1O[C@H](c2cccc(Cl)c2)[C@@H](c2ccc(Cl)cc2)N([C@H](CC)CN(C)S(=O)(=O)C2CC2)C1=O. The van der Waals surface area contributed by atoms with Crippen LogP contribution in [-0.4, -0.2) is 54.5 Å². The fourth-order valence-electron chi connectivity index (χ4n) is 4.85. The minimum absolute atomic E-state index is 0.183. The van der Waals surface area contributed by atoms with Gasteiger partial charge in [-0.3, -0.25) is 4.79 Å². The number of nitrogens with zero attached hydrogens (tertiary/aromatic N) is 2. The molecule has 2 aliphatic rings. The number of rotatable bonds is 10. The lowest BCUT2D eigenvalue weighted by Crippen LogP contribution is -2.57. The highest BCUT2D eigenvalue weighted by Crippen LogP contribution is 2.45. The second-order valence-electron chi connectivity index (χ2n) is 9.45. The average molecular weight is 552 g/mol. The lowest BCUT2D eigenvalue weighted by atomic mass is 9.89. The van der Waals surface area contributed by atoms with Gasteiger partial charge in [0.2, 0.25) is 10.0 Å². The Labute approximate surface area is 223 Å². The molecular formula is C27H32Cl2N2O4S. The molecule has 1 aliphatic heterocycles. The summed E-state index contributed by atoms with van der Waals surface area (Å²) in [7, 11) is -1.79. The first-order valence-corrected chi connectivity index (χ1v) is 14.5. The molecule has 0 unspecified atom stereocenters. The van der Waals surface area contributed by atoms with E-state index in [4.69, 9.17) is 27.9 Å². The van der Waals surface area contributed by atoms with Crippen LogP contribution in [0.3, 0.4) is 0 Å². The summed E-state index contributed by atoms with van der Waals surface area (Å²) >= 11 is 12.5. The number of carbonyl (C=O) groups is 1. The molecule has 1 heterocycles. The number of ether oxygens (including phenoxy) is 1. The van der Waals surface area contributed by atoms with Crippen LogP contribution in [0, 0.1) is 0 Å². The van der Waals surface area contributed by atoms with Crippen LogP contribution in [0.1, 0.15) is 55.9 Å². The number of hydrogen-bond acceptors (Lipinski definition) is 4. The van der Waals surface area contributed by atoms with Crippen LogP contribution in [0.4, 0.5) is 0 Å². The van der Waals surface area contributed by atoms with Crippen molar-refractivity contribution < 1.29 is 17.9 Å². The van der Waals surface area contributed by atoms with E-state index in [1.165, 1.54) is 4.31 Å². The summed E-state index contributed by atoms with van der Waals surface area (Å²) in [4.78, 5) is 15.7. The lowest BCUT2D eigenvalue weighted by Gasteiger charge is -2.48. The van der Waals surface area contributed by atoms with Gasteiger partial charge in [-0.15, -0.1) is 6.58 Å². The number of sulfonamides is 1. The summed E-state index contributed by atoms with van der Waals surface area (Å²) in [5.41, 5.74) is 1.68. The van der Waals surface area contributed by atoms with Crippen LogP contribution in [0.2, 0.25) is 10.0 Å². The van der Waals surface area contributed by atoms with Crippen molar-refractivity contribution in [3.8, 4) is 0 Å². The van der Waals surface area contributed by atoms with Crippen LogP contribution < -0.4 is 0 Å². The number of halogens is 2. The van der Waals surface area contributed by atoms with Gasteiger partial charge in [-0.25, -0.2) is 12.7 Å². The van der Waals surface area contributed by atoms with Crippen molar-refractivity contribution in [2.75, 3.05) is 13.6 Å². The molecule has 9 heteroatoms. The first-order valence-electron chi connectivity index (χ1n) is 12.2. The average Bonchev–Trinajstić information content (AvgIpc) is 3.70. The Balaban J connectivity index is 1.80. The molecule has 0 N–H and O–H groups in total. The third-order valence-corrected chi connectivity index (χ3v) is 9.73. The van der Waals surface area contributed by atoms with E-state index in [1.807, 2.05) is 42.2 Å². The van der Waals surface area contributed by atoms with E-state index in [1.54, 1.807) is 31.3 Å². The highest BCUT2D eigenvalue weighted by Gasteiger charge is 2.47. The molecule has 2 aromatic rings. The van der Waals surface area contributed by atoms with Crippen molar-refractivity contribution in [1.29, 1.82) is 0 Å². The molecule has 4 atom stereocenters. The third-order valence-electron chi connectivity index (χ3n) is 6.91.